The summed E-state index contributed by atoms with van der Waals surface area (Å²) in [7, 11) is 0. The first kappa shape index (κ1) is 20.5. The van der Waals surface area contributed by atoms with Crippen LogP contribution in [0.4, 0.5) is 14.9 Å². The monoisotopic (exact) mass is 431 g/mol. The van der Waals surface area contributed by atoms with Crippen molar-refractivity contribution >= 4 is 29.3 Å². The molecule has 2 aromatic rings. The predicted molar refractivity (Wildman–Crippen MR) is 112 cm³/mol. The Morgan fingerprint density at radius 1 is 1.20 bits per heavy atom. The Bertz CT molecular complexity index is 1010. The van der Waals surface area contributed by atoms with Crippen LogP contribution in [0.15, 0.2) is 42.5 Å². The maximum absolute atomic E-state index is 14.8. The van der Waals surface area contributed by atoms with Crippen LogP contribution in [0.2, 0.25) is 5.02 Å². The van der Waals surface area contributed by atoms with Gasteiger partial charge in [-0.1, -0.05) is 41.9 Å². The molecule has 4 atom stereocenters. The van der Waals surface area contributed by atoms with E-state index in [1.165, 1.54) is 11.0 Å². The van der Waals surface area contributed by atoms with Crippen molar-refractivity contribution in [1.82, 2.24) is 4.90 Å². The summed E-state index contributed by atoms with van der Waals surface area (Å²) in [4.78, 5) is 26.7. The van der Waals surface area contributed by atoms with E-state index in [9.17, 15) is 14.0 Å². The molecule has 8 heteroatoms. The highest BCUT2D eigenvalue weighted by Crippen LogP contribution is 2.57. The van der Waals surface area contributed by atoms with Gasteiger partial charge in [-0.25, -0.2) is 9.18 Å². The van der Waals surface area contributed by atoms with E-state index in [4.69, 9.17) is 22.1 Å². The second kappa shape index (κ2) is 7.16. The van der Waals surface area contributed by atoms with Crippen LogP contribution in [0.25, 0.3) is 0 Å². The van der Waals surface area contributed by atoms with Crippen molar-refractivity contribution in [3.05, 3.63) is 64.4 Å². The zero-order chi connectivity index (χ0) is 21.8. The fourth-order valence-electron chi connectivity index (χ4n) is 4.40. The Morgan fingerprint density at radius 3 is 2.47 bits per heavy atom. The van der Waals surface area contributed by atoms with E-state index >= 15 is 0 Å². The molecule has 2 aromatic carbocycles. The second-order valence-electron chi connectivity index (χ2n) is 8.64. The number of anilines is 1. The Hall–Kier alpha value is -2.80. The van der Waals surface area contributed by atoms with Gasteiger partial charge in [-0.2, -0.15) is 0 Å². The molecule has 2 aliphatic rings. The van der Waals surface area contributed by atoms with Crippen LogP contribution in [0.5, 0.6) is 0 Å². The summed E-state index contributed by atoms with van der Waals surface area (Å²) in [6, 6.07) is 10.3. The predicted octanol–water partition coefficient (Wildman–Crippen LogP) is 4.41. The summed E-state index contributed by atoms with van der Waals surface area (Å²) < 4.78 is 20.3. The molecule has 2 aliphatic heterocycles. The lowest BCUT2D eigenvalue weighted by Crippen LogP contribution is -2.69. The zero-order valence-corrected chi connectivity index (χ0v) is 17.6. The van der Waals surface area contributed by atoms with Gasteiger partial charge in [-0.3, -0.25) is 9.69 Å². The van der Waals surface area contributed by atoms with Crippen molar-refractivity contribution < 1.29 is 18.7 Å². The van der Waals surface area contributed by atoms with Crippen molar-refractivity contribution in [1.29, 1.82) is 0 Å². The number of likely N-dealkylation sites (tertiary alicyclic amines) is 1. The Morgan fingerprint density at radius 2 is 1.87 bits per heavy atom. The van der Waals surface area contributed by atoms with Gasteiger partial charge in [-0.05, 0) is 38.5 Å². The van der Waals surface area contributed by atoms with Gasteiger partial charge in [0, 0.05) is 16.5 Å². The van der Waals surface area contributed by atoms with Gasteiger partial charge in [0.2, 0.25) is 5.91 Å². The molecule has 1 saturated heterocycles. The Kier molecular flexibility index (Phi) is 4.89. The van der Waals surface area contributed by atoms with E-state index in [-0.39, 0.29) is 10.7 Å². The van der Waals surface area contributed by atoms with Gasteiger partial charge >= 0.3 is 6.09 Å². The lowest BCUT2D eigenvalue weighted by atomic mass is 9.67. The molecule has 0 bridgehead atoms. The first-order chi connectivity index (χ1) is 14.1. The molecule has 2 heterocycles. The normalized spacial score (nSPS) is 24.8. The SMILES string of the molecule is CC(C)(C)OC(=O)N1C(C(N)=O)C2C(c3ccccc3)Nc3c(F)cc(Cl)cc3C21. The molecule has 0 spiro atoms. The third-order valence-electron chi connectivity index (χ3n) is 5.47. The molecule has 1 fully saturated rings. The average molecular weight is 432 g/mol. The summed E-state index contributed by atoms with van der Waals surface area (Å²) in [5.74, 6) is -1.57. The second-order valence-corrected chi connectivity index (χ2v) is 9.08. The number of nitrogens with one attached hydrogen (secondary N) is 1. The molecule has 3 N–H and O–H groups in total. The summed E-state index contributed by atoms with van der Waals surface area (Å²) in [6.07, 6.45) is -0.674. The van der Waals surface area contributed by atoms with Gasteiger partial charge < -0.3 is 15.8 Å². The van der Waals surface area contributed by atoms with Gasteiger partial charge in [0.1, 0.15) is 17.5 Å². The molecule has 2 amide bonds. The first-order valence-electron chi connectivity index (χ1n) is 9.69. The number of primary amides is 1. The highest BCUT2D eigenvalue weighted by atomic mass is 35.5. The lowest BCUT2D eigenvalue weighted by Gasteiger charge is -2.58. The Balaban J connectivity index is 1.85. The number of ether oxygens (including phenoxy) is 1. The molecule has 158 valence electrons. The number of rotatable bonds is 2. The molecule has 0 aliphatic carbocycles. The smallest absolute Gasteiger partial charge is 0.411 e. The van der Waals surface area contributed by atoms with E-state index in [1.807, 2.05) is 30.3 Å². The number of carbonyl (C=O) groups excluding carboxylic acids is 2. The number of nitrogens with two attached hydrogens (primary N) is 1. The van der Waals surface area contributed by atoms with Crippen LogP contribution in [-0.4, -0.2) is 28.5 Å². The van der Waals surface area contributed by atoms with Crippen LogP contribution in [-0.2, 0) is 9.53 Å². The molecule has 6 nitrogen and oxygen atoms in total. The minimum atomic E-state index is -0.905. The fourth-order valence-corrected chi connectivity index (χ4v) is 4.62. The molecule has 4 unspecified atom stereocenters. The molecule has 0 saturated carbocycles. The van der Waals surface area contributed by atoms with Crippen LogP contribution in [0, 0.1) is 11.7 Å². The molecular weight excluding hydrogens is 409 g/mol. The summed E-state index contributed by atoms with van der Waals surface area (Å²) in [5, 5.41) is 3.42. The summed E-state index contributed by atoms with van der Waals surface area (Å²) in [5.41, 5.74) is 6.55. The third-order valence-corrected chi connectivity index (χ3v) is 5.69. The van der Waals surface area contributed by atoms with Crippen LogP contribution in [0.3, 0.4) is 0 Å². The minimum absolute atomic E-state index is 0.205. The fraction of sp³-hybridized carbons (Fsp3) is 0.364. The number of nitrogens with zero attached hydrogens (tertiary/aromatic N) is 1. The maximum atomic E-state index is 14.8. The van der Waals surface area contributed by atoms with Crippen molar-refractivity contribution in [2.75, 3.05) is 5.32 Å². The van der Waals surface area contributed by atoms with E-state index in [0.717, 1.165) is 5.56 Å². The van der Waals surface area contributed by atoms with Crippen molar-refractivity contribution in [2.45, 2.75) is 44.5 Å². The lowest BCUT2D eigenvalue weighted by molar-refractivity contribution is -0.141. The van der Waals surface area contributed by atoms with Crippen LogP contribution >= 0.6 is 11.6 Å². The van der Waals surface area contributed by atoms with Crippen molar-refractivity contribution in [2.24, 2.45) is 11.7 Å². The number of fused-ring (bicyclic) bond motifs is 3. The molecule has 0 aromatic heterocycles. The molecule has 4 rings (SSSR count). The largest absolute Gasteiger partial charge is 0.444 e. The van der Waals surface area contributed by atoms with Crippen molar-refractivity contribution in [3.63, 3.8) is 0 Å². The number of benzene rings is 2. The third kappa shape index (κ3) is 3.37. The maximum Gasteiger partial charge on any atom is 0.411 e. The highest BCUT2D eigenvalue weighted by molar-refractivity contribution is 6.30. The van der Waals surface area contributed by atoms with Gasteiger partial charge in [0.25, 0.3) is 0 Å². The van der Waals surface area contributed by atoms with E-state index in [1.54, 1.807) is 26.8 Å². The van der Waals surface area contributed by atoms with Crippen LogP contribution in [0.1, 0.15) is 44.0 Å². The Labute approximate surface area is 179 Å². The van der Waals surface area contributed by atoms with E-state index < -0.39 is 47.5 Å². The summed E-state index contributed by atoms with van der Waals surface area (Å²) >= 11 is 6.11. The van der Waals surface area contributed by atoms with E-state index in [2.05, 4.69) is 5.32 Å². The van der Waals surface area contributed by atoms with Gasteiger partial charge in [-0.15, -0.1) is 0 Å². The zero-order valence-electron chi connectivity index (χ0n) is 16.9. The highest BCUT2D eigenvalue weighted by Gasteiger charge is 2.61. The molecule has 0 radical (unpaired) electrons. The van der Waals surface area contributed by atoms with Crippen molar-refractivity contribution in [3.8, 4) is 0 Å². The van der Waals surface area contributed by atoms with Gasteiger partial charge in [0.05, 0.1) is 17.8 Å². The van der Waals surface area contributed by atoms with Crippen LogP contribution < -0.4 is 11.1 Å². The minimum Gasteiger partial charge on any atom is -0.444 e. The standard InChI is InChI=1S/C22H23ClFN3O3/c1-22(2,3)30-21(29)27-18-13-9-12(23)10-14(24)17(13)26-16(11-7-5-4-6-8-11)15(18)19(27)20(25)28/h4-10,15-16,18-19,26H,1-3H3,(H2,25,28). The number of hydrogen-bond acceptors (Lipinski definition) is 4. The van der Waals surface area contributed by atoms with E-state index in [0.29, 0.717) is 5.56 Å². The summed E-state index contributed by atoms with van der Waals surface area (Å²) in [6.45, 7) is 5.21. The number of hydrogen-bond donors (Lipinski definition) is 2. The topological polar surface area (TPSA) is 84.7 Å². The quantitative estimate of drug-likeness (QED) is 0.737. The first-order valence-corrected chi connectivity index (χ1v) is 10.1. The average Bonchev–Trinajstić information content (AvgIpc) is 2.60. The number of carbonyl (C=O) groups is 2. The number of amides is 2. The molecule has 30 heavy (non-hydrogen) atoms. The molecular formula is C22H23ClFN3O3. The number of halogens is 2. The van der Waals surface area contributed by atoms with Gasteiger partial charge in [0.15, 0.2) is 0 Å².